The summed E-state index contributed by atoms with van der Waals surface area (Å²) in [6.07, 6.45) is 0.589. The molecule has 5 rings (SSSR count). The Kier molecular flexibility index (Phi) is 5.41. The summed E-state index contributed by atoms with van der Waals surface area (Å²) in [6.45, 7) is 5.04. The first-order chi connectivity index (χ1) is 15.6. The molecule has 1 unspecified atom stereocenters. The average molecular weight is 431 g/mol. The molecule has 0 radical (unpaired) electrons. The second kappa shape index (κ2) is 8.51. The van der Waals surface area contributed by atoms with Crippen molar-refractivity contribution < 1.29 is 14.2 Å². The number of aromatic nitrogens is 3. The Labute approximate surface area is 186 Å². The highest BCUT2D eigenvalue weighted by atomic mass is 16.6. The van der Waals surface area contributed by atoms with Gasteiger partial charge in [-0.2, -0.15) is 5.10 Å². The maximum absolute atomic E-state index is 5.88. The lowest BCUT2D eigenvalue weighted by molar-refractivity contribution is 0.171. The van der Waals surface area contributed by atoms with E-state index in [-0.39, 0.29) is 12.1 Å². The van der Waals surface area contributed by atoms with Gasteiger partial charge >= 0.3 is 0 Å². The van der Waals surface area contributed by atoms with Gasteiger partial charge in [-0.1, -0.05) is 18.2 Å². The summed E-state index contributed by atoms with van der Waals surface area (Å²) in [5.74, 6) is 3.09. The Balaban J connectivity index is 1.39. The summed E-state index contributed by atoms with van der Waals surface area (Å²) in [4.78, 5) is 4.72. The first-order valence-electron chi connectivity index (χ1n) is 10.8. The first-order valence-corrected chi connectivity index (χ1v) is 10.8. The molecule has 1 aliphatic rings. The van der Waals surface area contributed by atoms with Crippen LogP contribution in [0.4, 0.5) is 0 Å². The third-order valence-corrected chi connectivity index (χ3v) is 5.59. The SMILES string of the molecule is CC(N)[C@@H](C)Oc1ccc(Cc2nc3cccc(-c4ccc5c(c4)OCCO5)n3n2)cc1. The van der Waals surface area contributed by atoms with Gasteiger partial charge in [-0.05, 0) is 61.9 Å². The predicted octanol–water partition coefficient (Wildman–Crippen LogP) is 3.87. The quantitative estimate of drug-likeness (QED) is 0.500. The smallest absolute Gasteiger partial charge is 0.162 e. The van der Waals surface area contributed by atoms with Crippen LogP contribution in [0, 0.1) is 0 Å². The van der Waals surface area contributed by atoms with E-state index in [1.54, 1.807) is 0 Å². The molecule has 0 saturated carbocycles. The van der Waals surface area contributed by atoms with Gasteiger partial charge in [-0.3, -0.25) is 0 Å². The van der Waals surface area contributed by atoms with Crippen molar-refractivity contribution in [1.82, 2.24) is 14.6 Å². The molecule has 2 aromatic carbocycles. The van der Waals surface area contributed by atoms with Gasteiger partial charge in [0.2, 0.25) is 0 Å². The number of benzene rings is 2. The molecule has 0 spiro atoms. The Morgan fingerprint density at radius 2 is 1.78 bits per heavy atom. The molecule has 2 aromatic heterocycles. The highest BCUT2D eigenvalue weighted by Gasteiger charge is 2.15. The normalized spacial score (nSPS) is 14.8. The fourth-order valence-corrected chi connectivity index (χ4v) is 3.64. The van der Waals surface area contributed by atoms with Gasteiger partial charge in [-0.25, -0.2) is 9.50 Å². The maximum atomic E-state index is 5.88. The van der Waals surface area contributed by atoms with Crippen LogP contribution in [0.5, 0.6) is 17.2 Å². The lowest BCUT2D eigenvalue weighted by Gasteiger charge is -2.19. The number of nitrogens with zero attached hydrogens (tertiary/aromatic N) is 3. The van der Waals surface area contributed by atoms with Crippen LogP contribution in [-0.4, -0.2) is 40.0 Å². The molecule has 0 bridgehead atoms. The standard InChI is InChI=1S/C25H26N4O3/c1-16(26)17(2)32-20-9-6-18(7-10-20)14-24-27-25-5-3-4-21(29(25)28-24)19-8-11-22-23(15-19)31-13-12-30-22/h3-11,15-17H,12-14,26H2,1-2H3/t16?,17-/m1/s1. The third kappa shape index (κ3) is 4.11. The topological polar surface area (TPSA) is 83.9 Å². The second-order valence-corrected chi connectivity index (χ2v) is 8.07. The Morgan fingerprint density at radius 1 is 1.00 bits per heavy atom. The van der Waals surface area contributed by atoms with Gasteiger partial charge in [0.25, 0.3) is 0 Å². The number of ether oxygens (including phenoxy) is 3. The molecule has 164 valence electrons. The number of pyridine rings is 1. The molecule has 0 saturated heterocycles. The van der Waals surface area contributed by atoms with E-state index in [9.17, 15) is 0 Å². The summed E-state index contributed by atoms with van der Waals surface area (Å²) < 4.78 is 19.1. The number of hydrogen-bond acceptors (Lipinski definition) is 6. The van der Waals surface area contributed by atoms with Gasteiger partial charge in [0, 0.05) is 18.0 Å². The number of hydrogen-bond donors (Lipinski definition) is 1. The van der Waals surface area contributed by atoms with Crippen LogP contribution >= 0.6 is 0 Å². The molecule has 0 fully saturated rings. The summed E-state index contributed by atoms with van der Waals surface area (Å²) in [6, 6.07) is 19.9. The summed E-state index contributed by atoms with van der Waals surface area (Å²) in [7, 11) is 0. The van der Waals surface area contributed by atoms with Gasteiger partial charge < -0.3 is 19.9 Å². The highest BCUT2D eigenvalue weighted by Crippen LogP contribution is 2.34. The van der Waals surface area contributed by atoms with E-state index in [2.05, 4.69) is 0 Å². The minimum atomic E-state index is -0.0417. The van der Waals surface area contributed by atoms with Crippen LogP contribution < -0.4 is 19.9 Å². The lowest BCUT2D eigenvalue weighted by atomic mass is 10.1. The van der Waals surface area contributed by atoms with E-state index in [4.69, 9.17) is 30.0 Å². The first kappa shape index (κ1) is 20.3. The van der Waals surface area contributed by atoms with Crippen molar-refractivity contribution in [2.75, 3.05) is 13.2 Å². The van der Waals surface area contributed by atoms with Crippen molar-refractivity contribution in [3.05, 3.63) is 72.1 Å². The van der Waals surface area contributed by atoms with Crippen molar-refractivity contribution in [3.63, 3.8) is 0 Å². The highest BCUT2D eigenvalue weighted by molar-refractivity contribution is 5.66. The zero-order valence-corrected chi connectivity index (χ0v) is 18.2. The molecule has 0 amide bonds. The van der Waals surface area contributed by atoms with E-state index in [1.807, 2.05) is 79.0 Å². The Bertz CT molecular complexity index is 1230. The fraction of sp³-hybridized carbons (Fsp3) is 0.280. The van der Waals surface area contributed by atoms with Crippen molar-refractivity contribution >= 4 is 5.65 Å². The van der Waals surface area contributed by atoms with Gasteiger partial charge in [0.15, 0.2) is 23.0 Å². The molecule has 4 aromatic rings. The molecular weight excluding hydrogens is 404 g/mol. The average Bonchev–Trinajstić information content (AvgIpc) is 3.22. The second-order valence-electron chi connectivity index (χ2n) is 8.07. The van der Waals surface area contributed by atoms with Crippen LogP contribution in [0.25, 0.3) is 16.9 Å². The minimum absolute atomic E-state index is 0.0275. The van der Waals surface area contributed by atoms with E-state index in [0.717, 1.165) is 45.5 Å². The molecule has 2 atom stereocenters. The molecule has 7 nitrogen and oxygen atoms in total. The summed E-state index contributed by atoms with van der Waals surface area (Å²) in [5, 5.41) is 4.78. The zero-order valence-electron chi connectivity index (χ0n) is 18.2. The van der Waals surface area contributed by atoms with Crippen molar-refractivity contribution in [2.45, 2.75) is 32.4 Å². The maximum Gasteiger partial charge on any atom is 0.162 e. The van der Waals surface area contributed by atoms with Crippen LogP contribution in [0.3, 0.4) is 0 Å². The van der Waals surface area contributed by atoms with Crippen molar-refractivity contribution in [2.24, 2.45) is 5.73 Å². The Hall–Kier alpha value is -3.58. The van der Waals surface area contributed by atoms with Crippen LogP contribution in [0.15, 0.2) is 60.7 Å². The lowest BCUT2D eigenvalue weighted by Crippen LogP contribution is -2.33. The molecule has 2 N–H and O–H groups in total. The predicted molar refractivity (Wildman–Crippen MR) is 122 cm³/mol. The fourth-order valence-electron chi connectivity index (χ4n) is 3.64. The van der Waals surface area contributed by atoms with E-state index in [0.29, 0.717) is 19.6 Å². The number of nitrogens with two attached hydrogens (primary N) is 1. The van der Waals surface area contributed by atoms with Gasteiger partial charge in [0.1, 0.15) is 25.1 Å². The largest absolute Gasteiger partial charge is 0.489 e. The Morgan fingerprint density at radius 3 is 2.56 bits per heavy atom. The minimum Gasteiger partial charge on any atom is -0.489 e. The molecule has 32 heavy (non-hydrogen) atoms. The monoisotopic (exact) mass is 430 g/mol. The molecule has 7 heteroatoms. The third-order valence-electron chi connectivity index (χ3n) is 5.59. The van der Waals surface area contributed by atoms with E-state index < -0.39 is 0 Å². The summed E-state index contributed by atoms with van der Waals surface area (Å²) in [5.41, 5.74) is 9.75. The molecule has 1 aliphatic heterocycles. The number of rotatable bonds is 6. The molecular formula is C25H26N4O3. The van der Waals surface area contributed by atoms with Crippen molar-refractivity contribution in [3.8, 4) is 28.5 Å². The van der Waals surface area contributed by atoms with E-state index >= 15 is 0 Å². The van der Waals surface area contributed by atoms with Gasteiger partial charge in [0.05, 0.1) is 5.69 Å². The van der Waals surface area contributed by atoms with E-state index in [1.165, 1.54) is 0 Å². The van der Waals surface area contributed by atoms with Crippen molar-refractivity contribution in [1.29, 1.82) is 0 Å². The van der Waals surface area contributed by atoms with Crippen LogP contribution in [0.2, 0.25) is 0 Å². The van der Waals surface area contributed by atoms with Gasteiger partial charge in [-0.15, -0.1) is 0 Å². The van der Waals surface area contributed by atoms with Crippen LogP contribution in [0.1, 0.15) is 25.2 Å². The number of fused-ring (bicyclic) bond motifs is 2. The van der Waals surface area contributed by atoms with Crippen LogP contribution in [-0.2, 0) is 6.42 Å². The summed E-state index contributed by atoms with van der Waals surface area (Å²) >= 11 is 0. The molecule has 3 heterocycles. The zero-order chi connectivity index (χ0) is 22.1. The molecule has 0 aliphatic carbocycles.